The van der Waals surface area contributed by atoms with Crippen LogP contribution in [0, 0.1) is 5.92 Å². The van der Waals surface area contributed by atoms with Crippen molar-refractivity contribution in [2.75, 3.05) is 7.11 Å². The van der Waals surface area contributed by atoms with Gasteiger partial charge in [-0.1, -0.05) is 57.9 Å². The molecular formula is C27H44N2O2. The Bertz CT molecular complexity index is 704. The molecule has 1 saturated carbocycles. The topological polar surface area (TPSA) is 65.2 Å². The van der Waals surface area contributed by atoms with E-state index in [0.717, 1.165) is 57.3 Å². The van der Waals surface area contributed by atoms with E-state index in [1.807, 2.05) is 0 Å². The number of aryl methyl sites for hydroxylation is 1. The van der Waals surface area contributed by atoms with Gasteiger partial charge in [-0.05, 0) is 68.9 Å². The van der Waals surface area contributed by atoms with Crippen molar-refractivity contribution < 1.29 is 9.53 Å². The van der Waals surface area contributed by atoms with Crippen molar-refractivity contribution in [3.63, 3.8) is 0 Å². The van der Waals surface area contributed by atoms with E-state index in [1.165, 1.54) is 69.0 Å². The maximum absolute atomic E-state index is 11.2. The van der Waals surface area contributed by atoms with Crippen molar-refractivity contribution in [2.45, 2.75) is 121 Å². The van der Waals surface area contributed by atoms with E-state index in [1.54, 1.807) is 0 Å². The first kappa shape index (κ1) is 24.2. The smallest absolute Gasteiger partial charge is 0.305 e. The summed E-state index contributed by atoms with van der Waals surface area (Å²) in [5.74, 6) is 1.26. The van der Waals surface area contributed by atoms with Crippen molar-refractivity contribution >= 4 is 5.97 Å². The average Bonchev–Trinajstić information content (AvgIpc) is 3.18. The summed E-state index contributed by atoms with van der Waals surface area (Å²) in [6.07, 6.45) is 18.5. The van der Waals surface area contributed by atoms with Gasteiger partial charge < -0.3 is 10.5 Å². The Morgan fingerprint density at radius 1 is 1.16 bits per heavy atom. The Hall–Kier alpha value is -1.42. The molecule has 2 aliphatic rings. The third-order valence-corrected chi connectivity index (χ3v) is 7.70. The molecule has 1 heterocycles. The van der Waals surface area contributed by atoms with E-state index in [0.29, 0.717) is 12.3 Å². The second kappa shape index (κ2) is 12.0. The number of esters is 1. The third-order valence-electron chi connectivity index (χ3n) is 7.70. The number of unbranched alkanes of at least 4 members (excludes halogenated alkanes) is 5. The number of hydrogen-bond donors (Lipinski definition) is 1. The van der Waals surface area contributed by atoms with Crippen molar-refractivity contribution in [2.24, 2.45) is 11.7 Å². The molecule has 0 aromatic carbocycles. The van der Waals surface area contributed by atoms with E-state index < -0.39 is 0 Å². The van der Waals surface area contributed by atoms with Crippen molar-refractivity contribution in [3.05, 3.63) is 29.1 Å². The second-order valence-electron chi connectivity index (χ2n) is 10.2. The molecule has 1 fully saturated rings. The van der Waals surface area contributed by atoms with Gasteiger partial charge in [-0.15, -0.1) is 0 Å². The van der Waals surface area contributed by atoms with Crippen LogP contribution in [-0.4, -0.2) is 23.6 Å². The van der Waals surface area contributed by atoms with Gasteiger partial charge in [-0.2, -0.15) is 0 Å². The lowest BCUT2D eigenvalue weighted by Crippen LogP contribution is -2.36. The zero-order valence-electron chi connectivity index (χ0n) is 20.0. The summed E-state index contributed by atoms with van der Waals surface area (Å²) >= 11 is 0. The van der Waals surface area contributed by atoms with Gasteiger partial charge in [0.05, 0.1) is 7.11 Å². The quantitative estimate of drug-likeness (QED) is 0.316. The lowest BCUT2D eigenvalue weighted by atomic mass is 9.83. The first-order valence-corrected chi connectivity index (χ1v) is 12.9. The molecule has 2 N–H and O–H groups in total. The Kier molecular flexibility index (Phi) is 9.37. The van der Waals surface area contributed by atoms with E-state index in [4.69, 9.17) is 15.5 Å². The maximum Gasteiger partial charge on any atom is 0.305 e. The SMILES string of the molecule is CCCCCCC1CCc2nc(C3CCC(N)(CCCCCC(=O)OC)C3)ccc2C1. The number of carbonyl (C=O) groups excluding carboxylic acids is 1. The molecule has 2 aliphatic carbocycles. The average molecular weight is 429 g/mol. The highest BCUT2D eigenvalue weighted by Crippen LogP contribution is 2.42. The Morgan fingerprint density at radius 3 is 2.81 bits per heavy atom. The number of nitrogens with zero attached hydrogens (tertiary/aromatic N) is 1. The highest BCUT2D eigenvalue weighted by molar-refractivity contribution is 5.68. The van der Waals surface area contributed by atoms with Gasteiger partial charge in [0, 0.05) is 29.3 Å². The summed E-state index contributed by atoms with van der Waals surface area (Å²) in [6.45, 7) is 2.28. The molecule has 3 unspecified atom stereocenters. The number of fused-ring (bicyclic) bond motifs is 1. The fourth-order valence-electron chi connectivity index (χ4n) is 5.70. The lowest BCUT2D eigenvalue weighted by Gasteiger charge is -2.26. The van der Waals surface area contributed by atoms with E-state index in [2.05, 4.69) is 19.1 Å². The highest BCUT2D eigenvalue weighted by atomic mass is 16.5. The molecule has 174 valence electrons. The number of aromatic nitrogens is 1. The molecule has 0 bridgehead atoms. The van der Waals surface area contributed by atoms with Crippen LogP contribution in [0.25, 0.3) is 0 Å². The van der Waals surface area contributed by atoms with Crippen LogP contribution in [-0.2, 0) is 22.4 Å². The Labute approximate surface area is 189 Å². The monoisotopic (exact) mass is 428 g/mol. The fraction of sp³-hybridized carbons (Fsp3) is 0.778. The molecule has 0 spiro atoms. The normalized spacial score (nSPS) is 25.4. The molecule has 4 heteroatoms. The minimum atomic E-state index is -0.107. The van der Waals surface area contributed by atoms with Gasteiger partial charge in [0.15, 0.2) is 0 Å². The largest absolute Gasteiger partial charge is 0.469 e. The van der Waals surface area contributed by atoms with Gasteiger partial charge in [0.25, 0.3) is 0 Å². The number of hydrogen-bond acceptors (Lipinski definition) is 4. The van der Waals surface area contributed by atoms with Crippen LogP contribution in [0.4, 0.5) is 0 Å². The number of nitrogens with two attached hydrogens (primary N) is 1. The molecule has 4 nitrogen and oxygen atoms in total. The van der Waals surface area contributed by atoms with E-state index in [-0.39, 0.29) is 11.5 Å². The zero-order valence-corrected chi connectivity index (χ0v) is 20.0. The van der Waals surface area contributed by atoms with Crippen LogP contribution < -0.4 is 5.73 Å². The maximum atomic E-state index is 11.2. The Morgan fingerprint density at radius 2 is 2.00 bits per heavy atom. The molecule has 1 aromatic heterocycles. The number of carbonyl (C=O) groups is 1. The molecule has 3 rings (SSSR count). The lowest BCUT2D eigenvalue weighted by molar-refractivity contribution is -0.140. The minimum absolute atomic E-state index is 0.0584. The van der Waals surface area contributed by atoms with E-state index in [9.17, 15) is 4.79 Å². The van der Waals surface area contributed by atoms with Crippen LogP contribution >= 0.6 is 0 Å². The number of methoxy groups -OCH3 is 1. The van der Waals surface area contributed by atoms with Gasteiger partial charge in [0.2, 0.25) is 0 Å². The van der Waals surface area contributed by atoms with Crippen LogP contribution in [0.15, 0.2) is 12.1 Å². The predicted molar refractivity (Wildman–Crippen MR) is 127 cm³/mol. The van der Waals surface area contributed by atoms with Crippen molar-refractivity contribution in [1.82, 2.24) is 4.98 Å². The molecule has 0 aliphatic heterocycles. The molecular weight excluding hydrogens is 384 g/mol. The summed E-state index contributed by atoms with van der Waals surface area (Å²) in [5.41, 5.74) is 10.8. The summed E-state index contributed by atoms with van der Waals surface area (Å²) in [7, 11) is 1.46. The third kappa shape index (κ3) is 7.30. The van der Waals surface area contributed by atoms with Crippen LogP contribution in [0.3, 0.4) is 0 Å². The van der Waals surface area contributed by atoms with Crippen molar-refractivity contribution in [1.29, 1.82) is 0 Å². The second-order valence-corrected chi connectivity index (χ2v) is 10.2. The van der Waals surface area contributed by atoms with Gasteiger partial charge in [-0.25, -0.2) is 0 Å². The summed E-state index contributed by atoms with van der Waals surface area (Å²) in [5, 5.41) is 0. The first-order chi connectivity index (χ1) is 15.0. The fourth-order valence-corrected chi connectivity index (χ4v) is 5.70. The summed E-state index contributed by atoms with van der Waals surface area (Å²) in [4.78, 5) is 16.4. The van der Waals surface area contributed by atoms with E-state index >= 15 is 0 Å². The van der Waals surface area contributed by atoms with Crippen molar-refractivity contribution in [3.8, 4) is 0 Å². The molecule has 3 atom stereocenters. The molecule has 1 aromatic rings. The summed E-state index contributed by atoms with van der Waals surface area (Å²) < 4.78 is 4.71. The standard InChI is InChI=1S/C27H44N2O2/c1-3-4-5-7-10-21-12-14-24-22(19-21)13-15-25(29-24)23-16-18-27(28,20-23)17-9-6-8-11-26(30)31-2/h13,15,21,23H,3-12,14,16-20,28H2,1-2H3. The number of ether oxygens (including phenoxy) is 1. The minimum Gasteiger partial charge on any atom is -0.469 e. The molecule has 0 amide bonds. The predicted octanol–water partition coefficient (Wildman–Crippen LogP) is 6.25. The van der Waals surface area contributed by atoms with Crippen LogP contribution in [0.2, 0.25) is 0 Å². The number of rotatable bonds is 12. The number of pyridine rings is 1. The van der Waals surface area contributed by atoms with Crippen LogP contribution in [0.1, 0.15) is 120 Å². The molecule has 0 saturated heterocycles. The van der Waals surface area contributed by atoms with Gasteiger partial charge in [0.1, 0.15) is 0 Å². The molecule has 31 heavy (non-hydrogen) atoms. The summed E-state index contributed by atoms with van der Waals surface area (Å²) in [6, 6.07) is 4.67. The first-order valence-electron chi connectivity index (χ1n) is 12.9. The van der Waals surface area contributed by atoms with Gasteiger partial charge in [-0.3, -0.25) is 9.78 Å². The molecule has 0 radical (unpaired) electrons. The van der Waals surface area contributed by atoms with Crippen LogP contribution in [0.5, 0.6) is 0 Å². The highest BCUT2D eigenvalue weighted by Gasteiger charge is 2.36. The zero-order chi connectivity index (χ0) is 22.1. The Balaban J connectivity index is 1.45. The van der Waals surface area contributed by atoms with Gasteiger partial charge >= 0.3 is 5.97 Å².